The van der Waals surface area contributed by atoms with Gasteiger partial charge in [-0.15, -0.1) is 0 Å². The first-order valence-corrected chi connectivity index (χ1v) is 6.99. The lowest BCUT2D eigenvalue weighted by Crippen LogP contribution is -2.01. The normalized spacial score (nSPS) is 10.6. The molecule has 4 nitrogen and oxygen atoms in total. The first kappa shape index (κ1) is 13.4. The Kier molecular flexibility index (Phi) is 3.69. The highest BCUT2D eigenvalue weighted by Gasteiger charge is 2.05. The number of nitrogens with one attached hydrogen (secondary N) is 2. The third-order valence-corrected chi connectivity index (χ3v) is 3.35. The summed E-state index contributed by atoms with van der Waals surface area (Å²) in [4.78, 5) is 4.51. The van der Waals surface area contributed by atoms with Gasteiger partial charge >= 0.3 is 0 Å². The van der Waals surface area contributed by atoms with Crippen molar-refractivity contribution in [2.45, 2.75) is 20.4 Å². The summed E-state index contributed by atoms with van der Waals surface area (Å²) in [6.45, 7) is 4.77. The molecule has 21 heavy (non-hydrogen) atoms. The van der Waals surface area contributed by atoms with Gasteiger partial charge in [0.15, 0.2) is 5.82 Å². The fraction of sp³-hybridized carbons (Fsp3) is 0.176. The molecule has 1 aromatic heterocycles. The van der Waals surface area contributed by atoms with Crippen LogP contribution in [0, 0.1) is 13.8 Å². The van der Waals surface area contributed by atoms with Crippen LogP contribution in [0.3, 0.4) is 0 Å². The summed E-state index contributed by atoms with van der Waals surface area (Å²) in [5.74, 6) is 1.56. The van der Waals surface area contributed by atoms with Crippen LogP contribution in [0.4, 0.5) is 5.69 Å². The van der Waals surface area contributed by atoms with E-state index in [0.717, 1.165) is 22.9 Å². The van der Waals surface area contributed by atoms with E-state index in [1.165, 1.54) is 11.1 Å². The van der Waals surface area contributed by atoms with Crippen LogP contribution in [-0.2, 0) is 6.54 Å². The molecule has 3 aromatic rings. The molecule has 0 aliphatic carbocycles. The third kappa shape index (κ3) is 3.28. The van der Waals surface area contributed by atoms with E-state index >= 15 is 0 Å². The SMILES string of the molecule is Cc1ccc(NCc2nc(-c3ccc(C)cc3)n[nH]2)cc1. The minimum Gasteiger partial charge on any atom is -0.378 e. The summed E-state index contributed by atoms with van der Waals surface area (Å²) in [7, 11) is 0. The van der Waals surface area contributed by atoms with Crippen LogP contribution in [0.5, 0.6) is 0 Å². The van der Waals surface area contributed by atoms with Crippen LogP contribution in [-0.4, -0.2) is 15.2 Å². The lowest BCUT2D eigenvalue weighted by atomic mass is 10.1. The van der Waals surface area contributed by atoms with Gasteiger partial charge in [0.1, 0.15) is 5.82 Å². The number of hydrogen-bond acceptors (Lipinski definition) is 3. The van der Waals surface area contributed by atoms with Gasteiger partial charge in [0, 0.05) is 11.3 Å². The van der Waals surface area contributed by atoms with E-state index < -0.39 is 0 Å². The molecule has 1 heterocycles. The molecule has 0 radical (unpaired) electrons. The van der Waals surface area contributed by atoms with Crippen LogP contribution >= 0.6 is 0 Å². The standard InChI is InChI=1S/C17H18N4/c1-12-3-7-14(8-4-12)17-19-16(20-21-17)11-18-15-9-5-13(2)6-10-15/h3-10,18H,11H2,1-2H3,(H,19,20,21). The molecule has 0 saturated carbocycles. The molecule has 2 N–H and O–H groups in total. The van der Waals surface area contributed by atoms with Crippen molar-refractivity contribution in [3.8, 4) is 11.4 Å². The van der Waals surface area contributed by atoms with E-state index in [4.69, 9.17) is 0 Å². The first-order chi connectivity index (χ1) is 10.2. The van der Waals surface area contributed by atoms with Gasteiger partial charge < -0.3 is 5.32 Å². The molecule has 0 saturated heterocycles. The van der Waals surface area contributed by atoms with Gasteiger partial charge in [-0.05, 0) is 26.0 Å². The van der Waals surface area contributed by atoms with Crippen LogP contribution < -0.4 is 5.32 Å². The lowest BCUT2D eigenvalue weighted by molar-refractivity contribution is 0.955. The van der Waals surface area contributed by atoms with E-state index in [1.54, 1.807) is 0 Å². The Labute approximate surface area is 124 Å². The molecule has 0 unspecified atom stereocenters. The Balaban J connectivity index is 1.67. The molecule has 0 fully saturated rings. The van der Waals surface area contributed by atoms with Crippen molar-refractivity contribution in [2.24, 2.45) is 0 Å². The van der Waals surface area contributed by atoms with Gasteiger partial charge in [0.2, 0.25) is 0 Å². The number of hydrogen-bond donors (Lipinski definition) is 2. The Bertz CT molecular complexity index is 711. The molecule has 106 valence electrons. The fourth-order valence-electron chi connectivity index (χ4n) is 2.06. The van der Waals surface area contributed by atoms with Crippen molar-refractivity contribution in [3.63, 3.8) is 0 Å². The van der Waals surface area contributed by atoms with Crippen LogP contribution in [0.25, 0.3) is 11.4 Å². The highest BCUT2D eigenvalue weighted by atomic mass is 15.2. The minimum atomic E-state index is 0.627. The quantitative estimate of drug-likeness (QED) is 0.765. The highest BCUT2D eigenvalue weighted by Crippen LogP contribution is 2.15. The van der Waals surface area contributed by atoms with Gasteiger partial charge in [-0.2, -0.15) is 5.10 Å². The zero-order valence-corrected chi connectivity index (χ0v) is 12.2. The summed E-state index contributed by atoms with van der Waals surface area (Å²) in [5.41, 5.74) is 4.59. The summed E-state index contributed by atoms with van der Waals surface area (Å²) in [5, 5.41) is 10.6. The van der Waals surface area contributed by atoms with E-state index in [-0.39, 0.29) is 0 Å². The maximum Gasteiger partial charge on any atom is 0.181 e. The van der Waals surface area contributed by atoms with E-state index in [1.807, 2.05) is 12.1 Å². The third-order valence-electron chi connectivity index (χ3n) is 3.35. The molecule has 0 aliphatic rings. The van der Waals surface area contributed by atoms with E-state index in [9.17, 15) is 0 Å². The van der Waals surface area contributed by atoms with Gasteiger partial charge in [-0.3, -0.25) is 5.10 Å². The molecule has 0 aliphatic heterocycles. The average Bonchev–Trinajstić information content (AvgIpc) is 2.96. The smallest absolute Gasteiger partial charge is 0.181 e. The Hall–Kier alpha value is -2.62. The molecular formula is C17H18N4. The van der Waals surface area contributed by atoms with Crippen molar-refractivity contribution >= 4 is 5.69 Å². The number of H-pyrrole nitrogens is 1. The molecule has 0 amide bonds. The van der Waals surface area contributed by atoms with Crippen molar-refractivity contribution in [2.75, 3.05) is 5.32 Å². The van der Waals surface area contributed by atoms with E-state index in [0.29, 0.717) is 6.54 Å². The Morgan fingerprint density at radius 2 is 1.52 bits per heavy atom. The van der Waals surface area contributed by atoms with Crippen LogP contribution in [0.1, 0.15) is 17.0 Å². The number of anilines is 1. The first-order valence-electron chi connectivity index (χ1n) is 6.99. The average molecular weight is 278 g/mol. The largest absolute Gasteiger partial charge is 0.378 e. The second kappa shape index (κ2) is 5.79. The molecule has 0 spiro atoms. The van der Waals surface area contributed by atoms with Crippen LogP contribution in [0.2, 0.25) is 0 Å². The summed E-state index contributed by atoms with van der Waals surface area (Å²) < 4.78 is 0. The molecular weight excluding hydrogens is 260 g/mol. The van der Waals surface area contributed by atoms with Gasteiger partial charge in [-0.25, -0.2) is 4.98 Å². The number of aromatic amines is 1. The second-order valence-corrected chi connectivity index (χ2v) is 5.19. The lowest BCUT2D eigenvalue weighted by Gasteiger charge is -2.03. The highest BCUT2D eigenvalue weighted by molar-refractivity contribution is 5.55. The van der Waals surface area contributed by atoms with Crippen molar-refractivity contribution < 1.29 is 0 Å². The number of rotatable bonds is 4. The summed E-state index contributed by atoms with van der Waals surface area (Å²) >= 11 is 0. The Morgan fingerprint density at radius 1 is 0.905 bits per heavy atom. The van der Waals surface area contributed by atoms with Crippen LogP contribution in [0.15, 0.2) is 48.5 Å². The number of nitrogens with zero attached hydrogens (tertiary/aromatic N) is 2. The topological polar surface area (TPSA) is 53.6 Å². The predicted octanol–water partition coefficient (Wildman–Crippen LogP) is 3.70. The molecule has 0 bridgehead atoms. The zero-order valence-electron chi connectivity index (χ0n) is 12.2. The van der Waals surface area contributed by atoms with Gasteiger partial charge in [0.05, 0.1) is 6.54 Å². The monoisotopic (exact) mass is 278 g/mol. The van der Waals surface area contributed by atoms with Crippen molar-refractivity contribution in [3.05, 3.63) is 65.5 Å². The summed E-state index contributed by atoms with van der Waals surface area (Å²) in [6.07, 6.45) is 0. The molecule has 4 heteroatoms. The number of aromatic nitrogens is 3. The number of aryl methyl sites for hydroxylation is 2. The van der Waals surface area contributed by atoms with E-state index in [2.05, 4.69) is 70.7 Å². The van der Waals surface area contributed by atoms with Crippen molar-refractivity contribution in [1.29, 1.82) is 0 Å². The summed E-state index contributed by atoms with van der Waals surface area (Å²) in [6, 6.07) is 16.5. The zero-order chi connectivity index (χ0) is 14.7. The van der Waals surface area contributed by atoms with Gasteiger partial charge in [-0.1, -0.05) is 47.5 Å². The Morgan fingerprint density at radius 3 is 2.19 bits per heavy atom. The molecule has 2 aromatic carbocycles. The fourth-order valence-corrected chi connectivity index (χ4v) is 2.06. The van der Waals surface area contributed by atoms with Gasteiger partial charge in [0.25, 0.3) is 0 Å². The molecule has 3 rings (SSSR count). The number of benzene rings is 2. The minimum absolute atomic E-state index is 0.627. The van der Waals surface area contributed by atoms with Crippen molar-refractivity contribution in [1.82, 2.24) is 15.2 Å². The molecule has 0 atom stereocenters. The maximum absolute atomic E-state index is 4.51. The maximum atomic E-state index is 4.51. The predicted molar refractivity (Wildman–Crippen MR) is 85.1 cm³/mol. The second-order valence-electron chi connectivity index (χ2n) is 5.19.